The van der Waals surface area contributed by atoms with E-state index < -0.39 is 11.9 Å². The zero-order valence-corrected chi connectivity index (χ0v) is 9.45. The zero-order chi connectivity index (χ0) is 11.5. The molecule has 0 amide bonds. The van der Waals surface area contributed by atoms with Crippen LogP contribution in [0.3, 0.4) is 0 Å². The van der Waals surface area contributed by atoms with Crippen LogP contribution < -0.4 is 0 Å². The van der Waals surface area contributed by atoms with Gasteiger partial charge in [0.15, 0.2) is 0 Å². The summed E-state index contributed by atoms with van der Waals surface area (Å²) >= 11 is 0. The lowest BCUT2D eigenvalue weighted by atomic mass is 9.80. The normalized spacial score (nSPS) is 26.4. The molecule has 0 saturated carbocycles. The van der Waals surface area contributed by atoms with Gasteiger partial charge in [0.2, 0.25) is 0 Å². The highest BCUT2D eigenvalue weighted by Gasteiger charge is 2.37. The fourth-order valence-electron chi connectivity index (χ4n) is 2.04. The smallest absolute Gasteiger partial charge is 0.323 e. The van der Waals surface area contributed by atoms with Gasteiger partial charge >= 0.3 is 5.97 Å². The number of hydrogen-bond donors (Lipinski definition) is 0. The van der Waals surface area contributed by atoms with Crippen LogP contribution in [0.2, 0.25) is 0 Å². The molecular weight excluding hydrogens is 194 g/mol. The van der Waals surface area contributed by atoms with Crippen molar-refractivity contribution < 1.29 is 14.3 Å². The second kappa shape index (κ2) is 4.63. The minimum atomic E-state index is -0.654. The average molecular weight is 211 g/mol. The Hall–Kier alpha value is -1.08. The van der Waals surface area contributed by atoms with Gasteiger partial charge in [-0.05, 0) is 32.6 Å². The molecule has 0 radical (unpaired) electrons. The first-order valence-electron chi connectivity index (χ1n) is 5.11. The standard InChI is InChI=1S/C11H17NO3/c1-11(2)6-8(4-5-15-11)9(7-12)10(13)14-3/h8-9H,4-6H2,1-3H3/t8-,9+/m0/s1. The summed E-state index contributed by atoms with van der Waals surface area (Å²) in [6, 6.07) is 2.03. The van der Waals surface area contributed by atoms with Gasteiger partial charge in [0.05, 0.1) is 18.8 Å². The molecule has 1 saturated heterocycles. The van der Waals surface area contributed by atoms with Gasteiger partial charge in [-0.1, -0.05) is 0 Å². The van der Waals surface area contributed by atoms with E-state index in [4.69, 9.17) is 10.00 Å². The van der Waals surface area contributed by atoms with Gasteiger partial charge < -0.3 is 9.47 Å². The Labute approximate surface area is 90.2 Å². The van der Waals surface area contributed by atoms with Crippen LogP contribution in [0.15, 0.2) is 0 Å². The molecule has 0 aliphatic carbocycles. The van der Waals surface area contributed by atoms with Crippen molar-refractivity contribution in [2.75, 3.05) is 13.7 Å². The maximum Gasteiger partial charge on any atom is 0.323 e. The molecule has 15 heavy (non-hydrogen) atoms. The molecule has 1 fully saturated rings. The maximum absolute atomic E-state index is 11.4. The van der Waals surface area contributed by atoms with E-state index in [0.717, 1.165) is 12.8 Å². The number of nitriles is 1. The van der Waals surface area contributed by atoms with Gasteiger partial charge in [-0.25, -0.2) is 0 Å². The highest BCUT2D eigenvalue weighted by Crippen LogP contribution is 2.33. The molecular formula is C11H17NO3. The molecule has 4 heteroatoms. The largest absolute Gasteiger partial charge is 0.468 e. The summed E-state index contributed by atoms with van der Waals surface area (Å²) in [4.78, 5) is 11.4. The van der Waals surface area contributed by atoms with Crippen LogP contribution in [0, 0.1) is 23.2 Å². The van der Waals surface area contributed by atoms with E-state index in [9.17, 15) is 4.79 Å². The summed E-state index contributed by atoms with van der Waals surface area (Å²) in [7, 11) is 1.32. The molecule has 2 atom stereocenters. The minimum absolute atomic E-state index is 0.0474. The zero-order valence-electron chi connectivity index (χ0n) is 9.45. The van der Waals surface area contributed by atoms with Gasteiger partial charge in [-0.15, -0.1) is 0 Å². The third-order valence-electron chi connectivity index (χ3n) is 2.80. The van der Waals surface area contributed by atoms with Crippen LogP contribution in [-0.4, -0.2) is 25.3 Å². The van der Waals surface area contributed by atoms with Crippen molar-refractivity contribution in [3.05, 3.63) is 0 Å². The van der Waals surface area contributed by atoms with E-state index in [2.05, 4.69) is 4.74 Å². The Morgan fingerprint density at radius 1 is 1.67 bits per heavy atom. The van der Waals surface area contributed by atoms with Crippen molar-refractivity contribution in [2.45, 2.75) is 32.3 Å². The summed E-state index contributed by atoms with van der Waals surface area (Å²) < 4.78 is 10.2. The monoisotopic (exact) mass is 211 g/mol. The van der Waals surface area contributed by atoms with Crippen LogP contribution in [0.5, 0.6) is 0 Å². The molecule has 1 heterocycles. The Kier molecular flexibility index (Phi) is 3.70. The van der Waals surface area contributed by atoms with E-state index in [-0.39, 0.29) is 11.5 Å². The number of hydrogen-bond acceptors (Lipinski definition) is 4. The summed E-state index contributed by atoms with van der Waals surface area (Å²) in [6.07, 6.45) is 1.47. The first-order valence-corrected chi connectivity index (χ1v) is 5.11. The average Bonchev–Trinajstić information content (AvgIpc) is 2.17. The van der Waals surface area contributed by atoms with Crippen LogP contribution in [0.25, 0.3) is 0 Å². The van der Waals surface area contributed by atoms with Gasteiger partial charge in [-0.2, -0.15) is 5.26 Å². The summed E-state index contributed by atoms with van der Waals surface area (Å²) in [5.74, 6) is -1.04. The number of carbonyl (C=O) groups is 1. The molecule has 0 aromatic heterocycles. The molecule has 1 aliphatic heterocycles. The minimum Gasteiger partial charge on any atom is -0.468 e. The second-order valence-electron chi connectivity index (χ2n) is 4.49. The molecule has 0 spiro atoms. The van der Waals surface area contributed by atoms with Crippen LogP contribution in [-0.2, 0) is 14.3 Å². The number of rotatable bonds is 2. The van der Waals surface area contributed by atoms with Crippen molar-refractivity contribution in [1.29, 1.82) is 5.26 Å². The summed E-state index contributed by atoms with van der Waals surface area (Å²) in [5.41, 5.74) is -0.244. The van der Waals surface area contributed by atoms with Gasteiger partial charge in [0.25, 0.3) is 0 Å². The van der Waals surface area contributed by atoms with E-state index in [0.29, 0.717) is 6.61 Å². The van der Waals surface area contributed by atoms with Gasteiger partial charge in [0, 0.05) is 6.61 Å². The first kappa shape index (κ1) is 12.0. The predicted molar refractivity (Wildman–Crippen MR) is 53.9 cm³/mol. The molecule has 4 nitrogen and oxygen atoms in total. The molecule has 1 aliphatic rings. The van der Waals surface area contributed by atoms with Crippen LogP contribution in [0.4, 0.5) is 0 Å². The number of esters is 1. The summed E-state index contributed by atoms with van der Waals surface area (Å²) in [5, 5.41) is 8.96. The SMILES string of the molecule is COC(=O)[C@H](C#N)[C@H]1CCOC(C)(C)C1. The second-order valence-corrected chi connectivity index (χ2v) is 4.49. The van der Waals surface area contributed by atoms with E-state index in [1.165, 1.54) is 7.11 Å². The van der Waals surface area contributed by atoms with Crippen molar-refractivity contribution in [1.82, 2.24) is 0 Å². The third kappa shape index (κ3) is 2.93. The Balaban J connectivity index is 2.70. The van der Waals surface area contributed by atoms with Crippen molar-refractivity contribution >= 4 is 5.97 Å². The van der Waals surface area contributed by atoms with E-state index >= 15 is 0 Å². The van der Waals surface area contributed by atoms with E-state index in [1.54, 1.807) is 0 Å². The summed E-state index contributed by atoms with van der Waals surface area (Å²) in [6.45, 7) is 4.56. The lowest BCUT2D eigenvalue weighted by Crippen LogP contribution is -2.38. The van der Waals surface area contributed by atoms with Crippen molar-refractivity contribution in [3.63, 3.8) is 0 Å². The molecule has 0 N–H and O–H groups in total. The molecule has 0 bridgehead atoms. The molecule has 0 aromatic rings. The molecule has 0 aromatic carbocycles. The Morgan fingerprint density at radius 2 is 2.33 bits per heavy atom. The maximum atomic E-state index is 11.4. The highest BCUT2D eigenvalue weighted by atomic mass is 16.5. The Bertz CT molecular complexity index is 280. The molecule has 0 unspecified atom stereocenters. The number of methoxy groups -OCH3 is 1. The lowest BCUT2D eigenvalue weighted by Gasteiger charge is -2.36. The molecule has 84 valence electrons. The van der Waals surface area contributed by atoms with Crippen LogP contribution >= 0.6 is 0 Å². The topological polar surface area (TPSA) is 59.3 Å². The fourth-order valence-corrected chi connectivity index (χ4v) is 2.04. The molecule has 1 rings (SSSR count). The quantitative estimate of drug-likeness (QED) is 0.649. The third-order valence-corrected chi connectivity index (χ3v) is 2.80. The lowest BCUT2D eigenvalue weighted by molar-refractivity contribution is -0.148. The van der Waals surface area contributed by atoms with Gasteiger partial charge in [-0.3, -0.25) is 4.79 Å². The van der Waals surface area contributed by atoms with Gasteiger partial charge in [0.1, 0.15) is 5.92 Å². The number of ether oxygens (including phenoxy) is 2. The van der Waals surface area contributed by atoms with Crippen molar-refractivity contribution in [3.8, 4) is 6.07 Å². The first-order chi connectivity index (χ1) is 7.00. The van der Waals surface area contributed by atoms with E-state index in [1.807, 2.05) is 19.9 Å². The Morgan fingerprint density at radius 3 is 2.80 bits per heavy atom. The van der Waals surface area contributed by atoms with Crippen LogP contribution in [0.1, 0.15) is 26.7 Å². The highest BCUT2D eigenvalue weighted by molar-refractivity contribution is 5.75. The number of carbonyl (C=O) groups excluding carboxylic acids is 1. The van der Waals surface area contributed by atoms with Crippen molar-refractivity contribution in [2.24, 2.45) is 11.8 Å². The fraction of sp³-hybridized carbons (Fsp3) is 0.818. The number of nitrogens with zero attached hydrogens (tertiary/aromatic N) is 1. The predicted octanol–water partition coefficient (Wildman–Crippen LogP) is 1.50.